The van der Waals surface area contributed by atoms with E-state index in [4.69, 9.17) is 4.74 Å². The molecule has 1 aliphatic heterocycles. The monoisotopic (exact) mass is 263 g/mol. The second-order valence-corrected chi connectivity index (χ2v) is 7.56. The molecule has 1 heterocycles. The first-order valence-corrected chi connectivity index (χ1v) is 8.12. The minimum absolute atomic E-state index is 0.0209. The summed E-state index contributed by atoms with van der Waals surface area (Å²) >= 11 is 0. The van der Waals surface area contributed by atoms with Crippen molar-refractivity contribution in [1.29, 1.82) is 0 Å². The Morgan fingerprint density at radius 1 is 0.947 bits per heavy atom. The number of carbonyl (C=O) groups is 1. The van der Waals surface area contributed by atoms with Crippen molar-refractivity contribution in [3.63, 3.8) is 0 Å². The van der Waals surface area contributed by atoms with E-state index < -0.39 is 0 Å². The lowest BCUT2D eigenvalue weighted by Gasteiger charge is -2.56. The first kappa shape index (κ1) is 12.2. The summed E-state index contributed by atoms with van der Waals surface area (Å²) in [6.45, 7) is 1.62. The van der Waals surface area contributed by atoms with Gasteiger partial charge in [-0.15, -0.1) is 0 Å². The molecule has 0 unspecified atom stereocenters. The molecule has 4 bridgehead atoms. The standard InChI is InChI=1S/C16H25NO2/c18-15(17-14-1-3-19-4-2-14)16-8-11-5-12(9-16)7-13(6-11)10-16/h11-14H,1-10H2,(H,17,18). The molecule has 4 saturated carbocycles. The van der Waals surface area contributed by atoms with Crippen LogP contribution in [0.2, 0.25) is 0 Å². The van der Waals surface area contributed by atoms with Gasteiger partial charge in [-0.05, 0) is 69.1 Å². The molecule has 0 atom stereocenters. The van der Waals surface area contributed by atoms with Crippen LogP contribution in [0.15, 0.2) is 0 Å². The zero-order chi connectivity index (χ0) is 12.9. The smallest absolute Gasteiger partial charge is 0.226 e. The molecule has 5 aliphatic rings. The van der Waals surface area contributed by atoms with Crippen molar-refractivity contribution in [2.75, 3.05) is 13.2 Å². The highest BCUT2D eigenvalue weighted by Gasteiger charge is 2.54. The number of rotatable bonds is 2. The van der Waals surface area contributed by atoms with E-state index in [0.717, 1.165) is 43.8 Å². The topological polar surface area (TPSA) is 38.3 Å². The molecule has 0 aromatic carbocycles. The Balaban J connectivity index is 1.47. The Kier molecular flexibility index (Phi) is 2.87. The fourth-order valence-electron chi connectivity index (χ4n) is 5.57. The van der Waals surface area contributed by atoms with Crippen molar-refractivity contribution < 1.29 is 9.53 Å². The number of ether oxygens (including phenoxy) is 1. The van der Waals surface area contributed by atoms with E-state index in [2.05, 4.69) is 5.32 Å². The van der Waals surface area contributed by atoms with Gasteiger partial charge in [0.25, 0.3) is 0 Å². The molecule has 106 valence electrons. The van der Waals surface area contributed by atoms with Crippen LogP contribution in [0.3, 0.4) is 0 Å². The summed E-state index contributed by atoms with van der Waals surface area (Å²) in [5, 5.41) is 3.36. The molecule has 0 aromatic rings. The Hall–Kier alpha value is -0.570. The quantitative estimate of drug-likeness (QED) is 0.831. The van der Waals surface area contributed by atoms with Gasteiger partial charge in [-0.2, -0.15) is 0 Å². The van der Waals surface area contributed by atoms with Gasteiger partial charge in [0.15, 0.2) is 0 Å². The van der Waals surface area contributed by atoms with Crippen molar-refractivity contribution in [3.8, 4) is 0 Å². The van der Waals surface area contributed by atoms with E-state index in [0.29, 0.717) is 11.9 Å². The number of amides is 1. The van der Waals surface area contributed by atoms with Gasteiger partial charge in [-0.3, -0.25) is 4.79 Å². The summed E-state index contributed by atoms with van der Waals surface area (Å²) in [5.41, 5.74) is 0.0209. The van der Waals surface area contributed by atoms with Gasteiger partial charge in [-0.25, -0.2) is 0 Å². The summed E-state index contributed by atoms with van der Waals surface area (Å²) in [7, 11) is 0. The maximum absolute atomic E-state index is 12.8. The summed E-state index contributed by atoms with van der Waals surface area (Å²) < 4.78 is 5.38. The molecule has 3 heteroatoms. The summed E-state index contributed by atoms with van der Waals surface area (Å²) in [4.78, 5) is 12.8. The maximum Gasteiger partial charge on any atom is 0.226 e. The fraction of sp³-hybridized carbons (Fsp3) is 0.938. The summed E-state index contributed by atoms with van der Waals surface area (Å²) in [6, 6.07) is 0.370. The predicted molar refractivity (Wildman–Crippen MR) is 72.6 cm³/mol. The lowest BCUT2D eigenvalue weighted by atomic mass is 9.49. The Labute approximate surface area is 115 Å². The number of hydrogen-bond donors (Lipinski definition) is 1. The largest absolute Gasteiger partial charge is 0.381 e. The van der Waals surface area contributed by atoms with Crippen LogP contribution in [-0.2, 0) is 9.53 Å². The van der Waals surface area contributed by atoms with Gasteiger partial charge in [0.05, 0.1) is 0 Å². The average Bonchev–Trinajstić information content (AvgIpc) is 2.38. The minimum atomic E-state index is 0.0209. The molecule has 19 heavy (non-hydrogen) atoms. The van der Waals surface area contributed by atoms with Crippen LogP contribution < -0.4 is 5.32 Å². The molecule has 3 nitrogen and oxygen atoms in total. The van der Waals surface area contributed by atoms with Crippen molar-refractivity contribution in [2.24, 2.45) is 23.2 Å². The Morgan fingerprint density at radius 2 is 1.47 bits per heavy atom. The van der Waals surface area contributed by atoms with Crippen LogP contribution in [0.1, 0.15) is 51.4 Å². The minimum Gasteiger partial charge on any atom is -0.381 e. The molecule has 0 aromatic heterocycles. The molecule has 5 rings (SSSR count). The second-order valence-electron chi connectivity index (χ2n) is 7.56. The third-order valence-corrected chi connectivity index (χ3v) is 6.08. The fourth-order valence-corrected chi connectivity index (χ4v) is 5.57. The van der Waals surface area contributed by atoms with Crippen molar-refractivity contribution in [2.45, 2.75) is 57.4 Å². The summed E-state index contributed by atoms with van der Waals surface area (Å²) in [6.07, 6.45) is 9.74. The molecule has 1 saturated heterocycles. The molecule has 1 amide bonds. The third kappa shape index (κ3) is 2.10. The summed E-state index contributed by atoms with van der Waals surface area (Å²) in [5.74, 6) is 2.95. The van der Waals surface area contributed by atoms with Crippen LogP contribution >= 0.6 is 0 Å². The number of carbonyl (C=O) groups excluding carboxylic acids is 1. The van der Waals surface area contributed by atoms with Gasteiger partial charge < -0.3 is 10.1 Å². The molecule has 1 N–H and O–H groups in total. The lowest BCUT2D eigenvalue weighted by molar-refractivity contribution is -0.147. The highest BCUT2D eigenvalue weighted by Crippen LogP contribution is 2.60. The van der Waals surface area contributed by atoms with Crippen LogP contribution in [0.5, 0.6) is 0 Å². The Bertz CT molecular complexity index is 338. The molecule has 0 radical (unpaired) electrons. The van der Waals surface area contributed by atoms with Crippen molar-refractivity contribution >= 4 is 5.91 Å². The second kappa shape index (κ2) is 4.47. The SMILES string of the molecule is O=C(NC1CCOCC1)C12CC3CC(CC(C3)C1)C2. The van der Waals surface area contributed by atoms with Gasteiger partial charge in [0.2, 0.25) is 5.91 Å². The Morgan fingerprint density at radius 3 is 2.00 bits per heavy atom. The number of nitrogens with one attached hydrogen (secondary N) is 1. The first-order valence-electron chi connectivity index (χ1n) is 8.12. The van der Waals surface area contributed by atoms with E-state index in [9.17, 15) is 4.79 Å². The third-order valence-electron chi connectivity index (χ3n) is 6.08. The zero-order valence-electron chi connectivity index (χ0n) is 11.7. The molecule has 5 fully saturated rings. The van der Waals surface area contributed by atoms with E-state index in [-0.39, 0.29) is 5.41 Å². The van der Waals surface area contributed by atoms with Gasteiger partial charge in [0.1, 0.15) is 0 Å². The van der Waals surface area contributed by atoms with Crippen LogP contribution in [0.25, 0.3) is 0 Å². The van der Waals surface area contributed by atoms with Crippen LogP contribution in [-0.4, -0.2) is 25.2 Å². The lowest BCUT2D eigenvalue weighted by Crippen LogP contribution is -2.55. The normalized spacial score (nSPS) is 45.4. The average molecular weight is 263 g/mol. The zero-order valence-corrected chi connectivity index (χ0v) is 11.7. The van der Waals surface area contributed by atoms with Crippen LogP contribution in [0, 0.1) is 23.2 Å². The van der Waals surface area contributed by atoms with E-state index in [1.165, 1.54) is 38.5 Å². The van der Waals surface area contributed by atoms with E-state index in [1.807, 2.05) is 0 Å². The van der Waals surface area contributed by atoms with Gasteiger partial charge >= 0.3 is 0 Å². The van der Waals surface area contributed by atoms with E-state index >= 15 is 0 Å². The maximum atomic E-state index is 12.8. The van der Waals surface area contributed by atoms with Crippen molar-refractivity contribution in [3.05, 3.63) is 0 Å². The van der Waals surface area contributed by atoms with Crippen LogP contribution in [0.4, 0.5) is 0 Å². The van der Waals surface area contributed by atoms with E-state index in [1.54, 1.807) is 0 Å². The predicted octanol–water partition coefficient (Wildman–Crippen LogP) is 2.50. The highest BCUT2D eigenvalue weighted by molar-refractivity contribution is 5.83. The van der Waals surface area contributed by atoms with Crippen molar-refractivity contribution in [1.82, 2.24) is 5.32 Å². The molecule has 4 aliphatic carbocycles. The highest BCUT2D eigenvalue weighted by atomic mass is 16.5. The first-order chi connectivity index (χ1) is 9.23. The molecular weight excluding hydrogens is 238 g/mol. The molecular formula is C16H25NO2. The van der Waals surface area contributed by atoms with Gasteiger partial charge in [0, 0.05) is 24.7 Å². The van der Waals surface area contributed by atoms with Gasteiger partial charge in [-0.1, -0.05) is 0 Å². The molecule has 0 spiro atoms. The number of hydrogen-bond acceptors (Lipinski definition) is 2.